The lowest BCUT2D eigenvalue weighted by atomic mass is 10.2. The summed E-state index contributed by atoms with van der Waals surface area (Å²) in [7, 11) is 2.05. The van der Waals surface area contributed by atoms with E-state index in [1.165, 1.54) is 0 Å². The van der Waals surface area contributed by atoms with Crippen molar-refractivity contribution in [2.24, 2.45) is 0 Å². The van der Waals surface area contributed by atoms with Crippen LogP contribution >= 0.6 is 0 Å². The number of morpholine rings is 1. The van der Waals surface area contributed by atoms with Gasteiger partial charge in [0.1, 0.15) is 11.5 Å². The second-order valence-corrected chi connectivity index (χ2v) is 4.90. The van der Waals surface area contributed by atoms with Crippen molar-refractivity contribution in [3.05, 3.63) is 23.9 Å². The summed E-state index contributed by atoms with van der Waals surface area (Å²) in [6, 6.07) is 5.38. The van der Waals surface area contributed by atoms with Gasteiger partial charge in [-0.1, -0.05) is 6.07 Å². The van der Waals surface area contributed by atoms with Gasteiger partial charge >= 0.3 is 0 Å². The summed E-state index contributed by atoms with van der Waals surface area (Å²) in [5, 5.41) is 5.97. The fourth-order valence-electron chi connectivity index (χ4n) is 2.13. The van der Waals surface area contributed by atoms with Gasteiger partial charge in [-0.05, 0) is 26.1 Å². The van der Waals surface area contributed by atoms with Gasteiger partial charge in [0.15, 0.2) is 0 Å². The van der Waals surface area contributed by atoms with Crippen LogP contribution in [-0.4, -0.2) is 61.7 Å². The van der Waals surface area contributed by atoms with Gasteiger partial charge in [-0.25, -0.2) is 4.98 Å². The Bertz CT molecular complexity index is 453. The van der Waals surface area contributed by atoms with Crippen LogP contribution < -0.4 is 10.6 Å². The lowest BCUT2D eigenvalue weighted by molar-refractivity contribution is -0.0175. The highest BCUT2D eigenvalue weighted by Gasteiger charge is 2.18. The SMILES string of the molecule is CCNc1cccc(C(=O)NCC2CN(C)CCO2)n1. The molecular formula is C14H22N4O2. The summed E-state index contributed by atoms with van der Waals surface area (Å²) < 4.78 is 5.61. The predicted molar refractivity (Wildman–Crippen MR) is 78.0 cm³/mol. The first-order valence-electron chi connectivity index (χ1n) is 6.98. The second kappa shape index (κ2) is 7.21. The van der Waals surface area contributed by atoms with E-state index in [1.54, 1.807) is 6.07 Å². The van der Waals surface area contributed by atoms with Crippen LogP contribution in [0, 0.1) is 0 Å². The standard InChI is InChI=1S/C14H22N4O2/c1-3-15-13-6-4-5-12(17-13)14(19)16-9-11-10-18(2)7-8-20-11/h4-6,11H,3,7-10H2,1-2H3,(H,15,17)(H,16,19). The number of rotatable bonds is 5. The van der Waals surface area contributed by atoms with E-state index in [1.807, 2.05) is 19.1 Å². The maximum Gasteiger partial charge on any atom is 0.270 e. The average Bonchev–Trinajstić information content (AvgIpc) is 2.45. The molecule has 1 saturated heterocycles. The fourth-order valence-corrected chi connectivity index (χ4v) is 2.13. The molecule has 1 unspecified atom stereocenters. The minimum absolute atomic E-state index is 0.0506. The van der Waals surface area contributed by atoms with E-state index in [4.69, 9.17) is 4.74 Å². The highest BCUT2D eigenvalue weighted by Crippen LogP contribution is 2.05. The number of carbonyl (C=O) groups excluding carboxylic acids is 1. The van der Waals surface area contributed by atoms with Gasteiger partial charge in [0, 0.05) is 26.2 Å². The molecule has 1 aliphatic heterocycles. The van der Waals surface area contributed by atoms with E-state index < -0.39 is 0 Å². The molecule has 2 heterocycles. The number of nitrogens with one attached hydrogen (secondary N) is 2. The Morgan fingerprint density at radius 2 is 2.40 bits per heavy atom. The van der Waals surface area contributed by atoms with Crippen LogP contribution in [0.25, 0.3) is 0 Å². The van der Waals surface area contributed by atoms with Crippen molar-refractivity contribution in [1.29, 1.82) is 0 Å². The third kappa shape index (κ3) is 4.18. The number of anilines is 1. The lowest BCUT2D eigenvalue weighted by Crippen LogP contribution is -2.46. The molecule has 20 heavy (non-hydrogen) atoms. The van der Waals surface area contributed by atoms with E-state index in [9.17, 15) is 4.79 Å². The van der Waals surface area contributed by atoms with Crippen LogP contribution in [0.3, 0.4) is 0 Å². The van der Waals surface area contributed by atoms with E-state index in [0.717, 1.165) is 19.6 Å². The Morgan fingerprint density at radius 3 is 3.15 bits per heavy atom. The number of carbonyl (C=O) groups is 1. The highest BCUT2D eigenvalue weighted by atomic mass is 16.5. The molecule has 0 spiro atoms. The maximum atomic E-state index is 12.1. The van der Waals surface area contributed by atoms with Gasteiger partial charge in [-0.15, -0.1) is 0 Å². The van der Waals surface area contributed by atoms with Crippen molar-refractivity contribution < 1.29 is 9.53 Å². The summed E-state index contributed by atoms with van der Waals surface area (Å²) in [6.45, 7) is 5.77. The largest absolute Gasteiger partial charge is 0.374 e. The molecule has 2 rings (SSSR count). The smallest absolute Gasteiger partial charge is 0.270 e. The molecule has 110 valence electrons. The summed E-state index contributed by atoms with van der Waals surface area (Å²) in [5.74, 6) is 0.551. The molecule has 0 radical (unpaired) electrons. The van der Waals surface area contributed by atoms with Gasteiger partial charge in [-0.3, -0.25) is 4.79 Å². The predicted octanol–water partition coefficient (Wildman–Crippen LogP) is 0.574. The lowest BCUT2D eigenvalue weighted by Gasteiger charge is -2.30. The number of hydrogen-bond donors (Lipinski definition) is 2. The van der Waals surface area contributed by atoms with Crippen molar-refractivity contribution >= 4 is 11.7 Å². The van der Waals surface area contributed by atoms with Crippen molar-refractivity contribution in [3.63, 3.8) is 0 Å². The Labute approximate surface area is 119 Å². The van der Waals surface area contributed by atoms with Gasteiger partial charge in [0.25, 0.3) is 5.91 Å². The molecule has 0 aliphatic carbocycles. The number of hydrogen-bond acceptors (Lipinski definition) is 5. The number of amides is 1. The van der Waals surface area contributed by atoms with E-state index in [2.05, 4.69) is 27.6 Å². The van der Waals surface area contributed by atoms with Crippen molar-refractivity contribution in [1.82, 2.24) is 15.2 Å². The average molecular weight is 278 g/mol. The molecule has 1 amide bonds. The van der Waals surface area contributed by atoms with E-state index in [-0.39, 0.29) is 12.0 Å². The Balaban J connectivity index is 1.86. The Kier molecular flexibility index (Phi) is 5.31. The topological polar surface area (TPSA) is 66.5 Å². The minimum Gasteiger partial charge on any atom is -0.374 e. The summed E-state index contributed by atoms with van der Waals surface area (Å²) in [6.07, 6.45) is 0.0506. The number of ether oxygens (including phenoxy) is 1. The van der Waals surface area contributed by atoms with Crippen molar-refractivity contribution in [3.8, 4) is 0 Å². The van der Waals surface area contributed by atoms with Gasteiger partial charge in [0.2, 0.25) is 0 Å². The highest BCUT2D eigenvalue weighted by molar-refractivity contribution is 5.92. The first-order valence-corrected chi connectivity index (χ1v) is 6.98. The molecule has 0 bridgehead atoms. The van der Waals surface area contributed by atoms with Crippen LogP contribution in [-0.2, 0) is 4.74 Å². The fraction of sp³-hybridized carbons (Fsp3) is 0.571. The monoisotopic (exact) mass is 278 g/mol. The minimum atomic E-state index is -0.165. The number of aromatic nitrogens is 1. The molecule has 1 aromatic heterocycles. The van der Waals surface area contributed by atoms with Crippen molar-refractivity contribution in [2.75, 3.05) is 45.2 Å². The zero-order chi connectivity index (χ0) is 14.4. The van der Waals surface area contributed by atoms with Gasteiger partial charge in [0.05, 0.1) is 12.7 Å². The van der Waals surface area contributed by atoms with Crippen molar-refractivity contribution in [2.45, 2.75) is 13.0 Å². The molecule has 6 nitrogen and oxygen atoms in total. The third-order valence-electron chi connectivity index (χ3n) is 3.17. The molecule has 1 atom stereocenters. The van der Waals surface area contributed by atoms with Crippen LogP contribution in [0.5, 0.6) is 0 Å². The zero-order valence-electron chi connectivity index (χ0n) is 12.1. The van der Waals surface area contributed by atoms with Crippen LogP contribution in [0.1, 0.15) is 17.4 Å². The van der Waals surface area contributed by atoms with Crippen LogP contribution in [0.15, 0.2) is 18.2 Å². The second-order valence-electron chi connectivity index (χ2n) is 4.90. The maximum absolute atomic E-state index is 12.1. The van der Waals surface area contributed by atoms with E-state index >= 15 is 0 Å². The van der Waals surface area contributed by atoms with E-state index in [0.29, 0.717) is 24.7 Å². The van der Waals surface area contributed by atoms with Crippen LogP contribution in [0.2, 0.25) is 0 Å². The Hall–Kier alpha value is -1.66. The summed E-state index contributed by atoms with van der Waals surface area (Å²) in [4.78, 5) is 18.5. The molecule has 1 fully saturated rings. The summed E-state index contributed by atoms with van der Waals surface area (Å²) in [5.41, 5.74) is 0.424. The van der Waals surface area contributed by atoms with Gasteiger partial charge in [-0.2, -0.15) is 0 Å². The van der Waals surface area contributed by atoms with Gasteiger partial charge < -0.3 is 20.3 Å². The quantitative estimate of drug-likeness (QED) is 0.824. The molecule has 1 aromatic rings. The molecule has 0 saturated carbocycles. The summed E-state index contributed by atoms with van der Waals surface area (Å²) >= 11 is 0. The third-order valence-corrected chi connectivity index (χ3v) is 3.17. The molecular weight excluding hydrogens is 256 g/mol. The number of nitrogens with zero attached hydrogens (tertiary/aromatic N) is 2. The molecule has 6 heteroatoms. The zero-order valence-corrected chi connectivity index (χ0v) is 12.1. The normalized spacial score (nSPS) is 19.6. The molecule has 0 aromatic carbocycles. The number of pyridine rings is 1. The first-order chi connectivity index (χ1) is 9.69. The van der Waals surface area contributed by atoms with Crippen LogP contribution in [0.4, 0.5) is 5.82 Å². The number of likely N-dealkylation sites (N-methyl/N-ethyl adjacent to an activating group) is 1. The molecule has 1 aliphatic rings. The first kappa shape index (κ1) is 14.7. The Morgan fingerprint density at radius 1 is 1.55 bits per heavy atom. The molecule has 2 N–H and O–H groups in total.